The summed E-state index contributed by atoms with van der Waals surface area (Å²) in [6, 6.07) is 9.51. The molecule has 6 heteroatoms. The van der Waals surface area contributed by atoms with E-state index in [2.05, 4.69) is 0 Å². The first kappa shape index (κ1) is 19.4. The van der Waals surface area contributed by atoms with Gasteiger partial charge in [-0.05, 0) is 57.2 Å². The first-order chi connectivity index (χ1) is 13.4. The number of rotatable bonds is 5. The molecular formula is C22H27NO4S. The predicted octanol–water partition coefficient (Wildman–Crippen LogP) is 4.32. The fourth-order valence-corrected chi connectivity index (χ4v) is 5.69. The van der Waals surface area contributed by atoms with Crippen molar-refractivity contribution in [3.8, 4) is 0 Å². The molecule has 1 aliphatic heterocycles. The van der Waals surface area contributed by atoms with E-state index in [-0.39, 0.29) is 6.29 Å². The minimum atomic E-state index is -3.61. The lowest BCUT2D eigenvalue weighted by Gasteiger charge is -2.30. The molecule has 1 aliphatic carbocycles. The summed E-state index contributed by atoms with van der Waals surface area (Å²) in [5.74, 6) is 0. The summed E-state index contributed by atoms with van der Waals surface area (Å²) >= 11 is 0. The molecule has 150 valence electrons. The summed E-state index contributed by atoms with van der Waals surface area (Å²) < 4.78 is 39.0. The average Bonchev–Trinajstić information content (AvgIpc) is 3.04. The minimum Gasteiger partial charge on any atom is -0.353 e. The van der Waals surface area contributed by atoms with Gasteiger partial charge in [-0.3, -0.25) is 0 Å². The van der Waals surface area contributed by atoms with Crippen LogP contribution in [-0.2, 0) is 19.5 Å². The quantitative estimate of drug-likeness (QED) is 0.749. The summed E-state index contributed by atoms with van der Waals surface area (Å²) in [5, 5.41) is 0.934. The maximum Gasteiger partial charge on any atom is 0.248 e. The number of hydrogen-bond acceptors (Lipinski definition) is 4. The zero-order valence-corrected chi connectivity index (χ0v) is 17.2. The molecule has 0 saturated carbocycles. The van der Waals surface area contributed by atoms with Crippen molar-refractivity contribution in [2.45, 2.75) is 50.6 Å². The van der Waals surface area contributed by atoms with Crippen LogP contribution in [0.25, 0.3) is 10.9 Å². The number of hydrogen-bond donors (Lipinski definition) is 0. The summed E-state index contributed by atoms with van der Waals surface area (Å²) in [6.07, 6.45) is 9.06. The van der Waals surface area contributed by atoms with Gasteiger partial charge in [0.05, 0.1) is 12.1 Å². The molecule has 0 N–H and O–H groups in total. The highest BCUT2D eigenvalue weighted by Gasteiger charge is 2.40. The van der Waals surface area contributed by atoms with Crippen molar-refractivity contribution in [2.75, 3.05) is 13.2 Å². The Kier molecular flexibility index (Phi) is 5.21. The van der Waals surface area contributed by atoms with Crippen LogP contribution in [-0.4, -0.2) is 36.6 Å². The number of para-hydroxylation sites is 1. The maximum absolute atomic E-state index is 13.5. The highest BCUT2D eigenvalue weighted by atomic mass is 32.2. The van der Waals surface area contributed by atoms with Crippen LogP contribution in [0.4, 0.5) is 0 Å². The minimum absolute atomic E-state index is 0.144. The first-order valence-electron chi connectivity index (χ1n) is 9.84. The van der Waals surface area contributed by atoms with E-state index in [1.54, 1.807) is 13.0 Å². The van der Waals surface area contributed by atoms with E-state index in [4.69, 9.17) is 9.47 Å². The largest absolute Gasteiger partial charge is 0.353 e. The molecule has 0 amide bonds. The number of nitrogens with zero attached hydrogens (tertiary/aromatic N) is 1. The Bertz CT molecular complexity index is 1030. The van der Waals surface area contributed by atoms with Gasteiger partial charge < -0.3 is 9.47 Å². The second kappa shape index (κ2) is 7.50. The molecule has 1 saturated heterocycles. The second-order valence-electron chi connectivity index (χ2n) is 7.85. The molecule has 0 bridgehead atoms. The molecule has 2 aliphatic rings. The average molecular weight is 402 g/mol. The van der Waals surface area contributed by atoms with Crippen LogP contribution >= 0.6 is 0 Å². The molecule has 28 heavy (non-hydrogen) atoms. The Labute approximate surface area is 166 Å². The molecule has 0 radical (unpaired) electrons. The van der Waals surface area contributed by atoms with Gasteiger partial charge in [-0.15, -0.1) is 0 Å². The van der Waals surface area contributed by atoms with Crippen LogP contribution in [0.15, 0.2) is 54.1 Å². The van der Waals surface area contributed by atoms with Crippen molar-refractivity contribution in [1.29, 1.82) is 0 Å². The van der Waals surface area contributed by atoms with E-state index in [0.29, 0.717) is 13.0 Å². The maximum atomic E-state index is 13.5. The van der Waals surface area contributed by atoms with Gasteiger partial charge in [0.25, 0.3) is 0 Å². The van der Waals surface area contributed by atoms with Gasteiger partial charge in [0.2, 0.25) is 10.0 Å². The van der Waals surface area contributed by atoms with Crippen LogP contribution in [0.2, 0.25) is 0 Å². The summed E-state index contributed by atoms with van der Waals surface area (Å²) in [4.78, 5) is 0. The number of fused-ring (bicyclic) bond motifs is 1. The highest BCUT2D eigenvalue weighted by molar-refractivity contribution is 7.91. The Morgan fingerprint density at radius 1 is 1.29 bits per heavy atom. The van der Waals surface area contributed by atoms with E-state index < -0.39 is 14.8 Å². The van der Waals surface area contributed by atoms with Gasteiger partial charge >= 0.3 is 0 Å². The normalized spacial score (nSPS) is 25.8. The van der Waals surface area contributed by atoms with Crippen LogP contribution < -0.4 is 0 Å². The second-order valence-corrected chi connectivity index (χ2v) is 10.1. The number of ether oxygens (including phenoxy) is 2. The Morgan fingerprint density at radius 2 is 2.11 bits per heavy atom. The van der Waals surface area contributed by atoms with Crippen molar-refractivity contribution in [2.24, 2.45) is 0 Å². The Balaban J connectivity index is 1.53. The number of aryl methyl sites for hydroxylation is 1. The first-order valence-corrected chi connectivity index (χ1v) is 11.3. The molecule has 2 heterocycles. The molecule has 4 rings (SSSR count). The van der Waals surface area contributed by atoms with Crippen molar-refractivity contribution in [3.63, 3.8) is 0 Å². The van der Waals surface area contributed by atoms with Crippen LogP contribution in [0, 0.1) is 6.92 Å². The number of allylic oxidation sites excluding steroid dienone is 1. The van der Waals surface area contributed by atoms with Crippen LogP contribution in [0.5, 0.6) is 0 Å². The van der Waals surface area contributed by atoms with Gasteiger partial charge in [-0.25, -0.2) is 12.4 Å². The molecule has 5 nitrogen and oxygen atoms in total. The van der Waals surface area contributed by atoms with E-state index in [1.807, 2.05) is 49.4 Å². The summed E-state index contributed by atoms with van der Waals surface area (Å²) in [7, 11) is -3.61. The van der Waals surface area contributed by atoms with E-state index in [1.165, 1.54) is 3.97 Å². The van der Waals surface area contributed by atoms with Crippen molar-refractivity contribution < 1.29 is 17.9 Å². The smallest absolute Gasteiger partial charge is 0.248 e. The number of benzene rings is 1. The lowest BCUT2D eigenvalue weighted by molar-refractivity contribution is -0.156. The third kappa shape index (κ3) is 3.45. The molecule has 2 aromatic rings. The van der Waals surface area contributed by atoms with Crippen LogP contribution in [0.3, 0.4) is 0 Å². The molecule has 1 fully saturated rings. The van der Waals surface area contributed by atoms with Gasteiger partial charge in [0, 0.05) is 17.7 Å². The van der Waals surface area contributed by atoms with Crippen LogP contribution in [0.1, 0.15) is 38.3 Å². The molecule has 1 aromatic carbocycles. The van der Waals surface area contributed by atoms with E-state index in [9.17, 15) is 8.42 Å². The van der Waals surface area contributed by atoms with Crippen molar-refractivity contribution in [3.05, 3.63) is 59.8 Å². The van der Waals surface area contributed by atoms with Gasteiger partial charge in [-0.1, -0.05) is 36.4 Å². The van der Waals surface area contributed by atoms with Crippen molar-refractivity contribution >= 4 is 20.9 Å². The zero-order chi connectivity index (χ0) is 19.8. The topological polar surface area (TPSA) is 57.5 Å². The molecule has 1 aromatic heterocycles. The lowest BCUT2D eigenvalue weighted by Crippen LogP contribution is -2.39. The lowest BCUT2D eigenvalue weighted by atomic mass is 9.98. The third-order valence-corrected chi connectivity index (χ3v) is 8.11. The van der Waals surface area contributed by atoms with Gasteiger partial charge in [-0.2, -0.15) is 0 Å². The van der Waals surface area contributed by atoms with E-state index in [0.717, 1.165) is 48.0 Å². The predicted molar refractivity (Wildman–Crippen MR) is 111 cm³/mol. The Hall–Kier alpha value is -1.89. The Morgan fingerprint density at radius 3 is 2.82 bits per heavy atom. The van der Waals surface area contributed by atoms with E-state index >= 15 is 0 Å². The molecule has 2 unspecified atom stereocenters. The van der Waals surface area contributed by atoms with Gasteiger partial charge in [0.15, 0.2) is 6.29 Å². The number of aromatic nitrogens is 1. The highest BCUT2D eigenvalue weighted by Crippen LogP contribution is 2.34. The molecule has 0 spiro atoms. The fourth-order valence-electron chi connectivity index (χ4n) is 3.88. The standard InChI is InChI=1S/C22H27NO4S/c1-17-15-19-7-3-4-8-20(19)23(17)28(24,25)22(2)12-10-18(11-13-22)16-27-21-9-5-6-14-26-21/h3-4,7-8,10-12,15,21H,5-6,9,13-14,16H2,1-2H3. The third-order valence-electron chi connectivity index (χ3n) is 5.66. The zero-order valence-electron chi connectivity index (χ0n) is 16.4. The summed E-state index contributed by atoms with van der Waals surface area (Å²) in [5.41, 5.74) is 2.45. The monoisotopic (exact) mass is 401 g/mol. The molecular weight excluding hydrogens is 374 g/mol. The SMILES string of the molecule is Cc1cc2ccccc2n1S(=O)(=O)C1(C)C=CC(COC2CCCCO2)=CC1. The summed E-state index contributed by atoms with van der Waals surface area (Å²) in [6.45, 7) is 4.82. The van der Waals surface area contributed by atoms with Crippen molar-refractivity contribution in [1.82, 2.24) is 3.97 Å². The van der Waals surface area contributed by atoms with Gasteiger partial charge in [0.1, 0.15) is 4.75 Å². The fraction of sp³-hybridized carbons (Fsp3) is 0.455. The molecule has 2 atom stereocenters.